The molecule has 6 heterocycles. The number of rotatable bonds is 10. The van der Waals surface area contributed by atoms with Crippen LogP contribution < -0.4 is 32.2 Å². The molecule has 0 bridgehead atoms. The number of nitrogen functional groups attached to an aromatic ring is 1. The first-order chi connectivity index (χ1) is 64.9. The van der Waals surface area contributed by atoms with Crippen molar-refractivity contribution >= 4 is 118 Å². The van der Waals surface area contributed by atoms with Crippen molar-refractivity contribution in [3.63, 3.8) is 0 Å². The predicted molar refractivity (Wildman–Crippen MR) is 520 cm³/mol. The minimum Gasteiger partial charge on any atom is -0.448 e. The van der Waals surface area contributed by atoms with E-state index in [1.807, 2.05) is 127 Å². The summed E-state index contributed by atoms with van der Waals surface area (Å²) >= 11 is 10.1. The monoisotopic (exact) mass is 1970 g/mol. The molecule has 0 saturated carbocycles. The van der Waals surface area contributed by atoms with Crippen LogP contribution in [0, 0.1) is 0 Å². The van der Waals surface area contributed by atoms with Crippen LogP contribution in [0.15, 0.2) is 272 Å². The van der Waals surface area contributed by atoms with E-state index in [9.17, 15) is 43.2 Å². The van der Waals surface area contributed by atoms with Gasteiger partial charge in [-0.05, 0) is 169 Å². The van der Waals surface area contributed by atoms with Gasteiger partial charge in [0.05, 0.1) is 27.5 Å². The van der Waals surface area contributed by atoms with Gasteiger partial charge in [-0.1, -0.05) is 242 Å². The topological polar surface area (TPSA) is 298 Å². The first kappa shape index (κ1) is 91.3. The van der Waals surface area contributed by atoms with E-state index < -0.39 is 0 Å². The highest BCUT2D eigenvalue weighted by Crippen LogP contribution is 2.49. The van der Waals surface area contributed by atoms with E-state index >= 15 is 0 Å². The number of carbonyl (C=O) groups excluding carboxylic acids is 7. The van der Waals surface area contributed by atoms with Gasteiger partial charge >= 0.3 is 24.4 Å². The number of amides is 6. The zero-order valence-electron chi connectivity index (χ0n) is 73.0. The van der Waals surface area contributed by atoms with Crippen LogP contribution in [-0.2, 0) is 59.3 Å². The third-order valence-corrected chi connectivity index (χ3v) is 26.9. The summed E-state index contributed by atoms with van der Waals surface area (Å²) in [4.78, 5) is 127. The number of nitrogens with two attached hydrogens (primary N) is 1. The molecule has 4 aliphatic carbocycles. The van der Waals surface area contributed by atoms with E-state index in [4.69, 9.17) is 34.6 Å². The van der Waals surface area contributed by atoms with Crippen molar-refractivity contribution < 1.29 is 57.2 Å². The molecule has 678 valence electrons. The Hall–Kier alpha value is -13.6. The number of fused-ring (bicyclic) bond motifs is 16. The van der Waals surface area contributed by atoms with Crippen molar-refractivity contribution in [2.45, 2.75) is 88.1 Å². The van der Waals surface area contributed by atoms with Gasteiger partial charge in [0.1, 0.15) is 38.1 Å². The molecule has 21 rings (SSSR count). The lowest BCUT2D eigenvalue weighted by Gasteiger charge is -2.26. The molecular formula is C105H98Br3N11O14. The highest BCUT2D eigenvalue weighted by Gasteiger charge is 2.36. The van der Waals surface area contributed by atoms with Crippen molar-refractivity contribution in [1.29, 1.82) is 0 Å². The lowest BCUT2D eigenvalue weighted by molar-refractivity contribution is -0.122. The highest BCUT2D eigenvalue weighted by atomic mass is 79.9. The third kappa shape index (κ3) is 20.7. The van der Waals surface area contributed by atoms with Crippen molar-refractivity contribution in [1.82, 2.24) is 49.3 Å². The van der Waals surface area contributed by atoms with Crippen molar-refractivity contribution in [3.05, 3.63) is 339 Å². The summed E-state index contributed by atoms with van der Waals surface area (Å²) in [5.74, 6) is 2.09. The second-order valence-corrected chi connectivity index (χ2v) is 36.2. The van der Waals surface area contributed by atoms with Crippen LogP contribution >= 0.6 is 47.8 Å². The molecule has 8 aliphatic rings. The van der Waals surface area contributed by atoms with Crippen LogP contribution in [0.3, 0.4) is 0 Å². The lowest BCUT2D eigenvalue weighted by Crippen LogP contribution is -2.42. The summed E-state index contributed by atoms with van der Waals surface area (Å²) in [6, 6.07) is 82.5. The maximum atomic E-state index is 13.1. The Labute approximate surface area is 794 Å². The second kappa shape index (κ2) is 42.3. The minimum atomic E-state index is -0.332. The Morgan fingerprint density at radius 1 is 0.346 bits per heavy atom. The zero-order valence-corrected chi connectivity index (χ0v) is 77.8. The Bertz CT molecular complexity index is 6510. The van der Waals surface area contributed by atoms with E-state index in [0.29, 0.717) is 189 Å². The Morgan fingerprint density at radius 2 is 0.669 bits per heavy atom. The van der Waals surface area contributed by atoms with E-state index in [1.54, 1.807) is 53.0 Å². The first-order valence-electron chi connectivity index (χ1n) is 44.9. The fourth-order valence-corrected chi connectivity index (χ4v) is 20.0. The maximum Gasteiger partial charge on any atom is 0.409 e. The van der Waals surface area contributed by atoms with E-state index in [1.165, 1.54) is 89.0 Å². The summed E-state index contributed by atoms with van der Waals surface area (Å²) in [7, 11) is 0. The molecule has 2 fully saturated rings. The molecular weight excluding hydrogens is 1880 g/mol. The molecule has 11 aromatic carbocycles. The number of hydrogen-bond acceptors (Lipinski definition) is 17. The SMILES string of the molecule is Nc1cc(Br)ccc1OC=O.O=C(OCC1c2ccccc2-c2ccccc21)N1CCCc2nc3cc(Br)ccc3c(=O)n2CC1.O=C(OCC1c2ccccc2-c2ccccc21)N1CCCn2c(nc3cc(Br)ccc3c2=O)CC1.O=C1CCCN(C(=O)OCC2c3ccccc3-c3ccccc32)CCN1.O=C1CCN(C(=O)OCC2c3ccccc3-c3ccccc32)CCCN1. The van der Waals surface area contributed by atoms with E-state index in [0.717, 1.165) is 32.1 Å². The van der Waals surface area contributed by atoms with Gasteiger partial charge in [0.2, 0.25) is 11.8 Å². The zero-order chi connectivity index (χ0) is 92.0. The largest absolute Gasteiger partial charge is 0.448 e. The lowest BCUT2D eigenvalue weighted by atomic mass is 9.98. The fourth-order valence-electron chi connectivity index (χ4n) is 18.9. The summed E-state index contributed by atoms with van der Waals surface area (Å²) in [5.41, 5.74) is 26.5. The molecule has 133 heavy (non-hydrogen) atoms. The second-order valence-electron chi connectivity index (χ2n) is 33.5. The van der Waals surface area contributed by atoms with Crippen LogP contribution in [0.2, 0.25) is 0 Å². The molecule has 25 nitrogen and oxygen atoms in total. The number of hydrogen-bond donors (Lipinski definition) is 3. The Kier molecular flexibility index (Phi) is 29.1. The molecule has 4 N–H and O–H groups in total. The van der Waals surface area contributed by atoms with E-state index in [2.05, 4.69) is 160 Å². The van der Waals surface area contributed by atoms with Gasteiger partial charge in [-0.25, -0.2) is 29.1 Å². The molecule has 6 amide bonds. The number of anilines is 1. The van der Waals surface area contributed by atoms with Crippen LogP contribution in [-0.4, -0.2) is 173 Å². The molecule has 0 atom stereocenters. The molecule has 2 saturated heterocycles. The molecule has 0 spiro atoms. The number of ether oxygens (including phenoxy) is 5. The smallest absolute Gasteiger partial charge is 0.409 e. The predicted octanol–water partition coefficient (Wildman–Crippen LogP) is 18.6. The molecule has 2 aromatic heterocycles. The molecule has 13 aromatic rings. The van der Waals surface area contributed by atoms with Crippen LogP contribution in [0.5, 0.6) is 5.75 Å². The summed E-state index contributed by atoms with van der Waals surface area (Å²) in [6.45, 7) is 7.64. The van der Waals surface area contributed by atoms with Gasteiger partial charge in [-0.3, -0.25) is 33.1 Å². The number of nitrogens with zero attached hydrogens (tertiary/aromatic N) is 8. The number of nitrogens with one attached hydrogen (secondary N) is 2. The van der Waals surface area contributed by atoms with Gasteiger partial charge in [-0.15, -0.1) is 0 Å². The van der Waals surface area contributed by atoms with Gasteiger partial charge < -0.3 is 59.7 Å². The number of aromatic nitrogens is 4. The molecule has 28 heteroatoms. The highest BCUT2D eigenvalue weighted by molar-refractivity contribution is 9.11. The van der Waals surface area contributed by atoms with Gasteiger partial charge in [0.15, 0.2) is 5.75 Å². The van der Waals surface area contributed by atoms with Crippen LogP contribution in [0.25, 0.3) is 66.3 Å². The summed E-state index contributed by atoms with van der Waals surface area (Å²) in [6.07, 6.45) is 3.42. The third-order valence-electron chi connectivity index (χ3n) is 25.4. The standard InChI is InChI=1S/2C28H24BrN3O3.2C21H22N2O3.C7H6BrNO2/c29-18-10-11-23-25(16-18)30-26-12-15-31(13-5-14-32(26)27(23)33)28(34)35-17-24-21-8-3-1-6-19(21)20-7-2-4-9-22(20)24;29-18-11-12-23-25(16-18)30-26-10-5-13-31(14-15-32(26)27(23)33)28(34)35-17-24-21-8-3-1-6-19(21)20-7-2-4-9-22(20)24;24-20-10-13-23(12-5-11-22-20)21(25)26-14-19-17-8-3-1-6-15(17)16-7-2-4-9-18(16)19;24-20-10-5-12-23(13-11-22-20)21(25)26-14-19-17-8-3-1-6-15(17)16-7-2-4-9-18(16)19;8-5-1-2-7(11-4-10)6(9)3-5/h1-4,6-11,16,24H,5,12-15,17H2;1-4,6-9,11-12,16,24H,5,10,13-15,17H2;2*1-4,6-9,19H,5,10-14H2,(H,22,24);1-4H,9H2. The number of carbonyl (C=O) groups is 7. The average Bonchev–Trinajstić information content (AvgIpc) is 1.46. The van der Waals surface area contributed by atoms with Crippen molar-refractivity contribution in [2.24, 2.45) is 0 Å². The van der Waals surface area contributed by atoms with Crippen LogP contribution in [0.4, 0.5) is 24.9 Å². The van der Waals surface area contributed by atoms with E-state index in [-0.39, 0.29) is 71.0 Å². The number of benzene rings is 11. The maximum absolute atomic E-state index is 13.1. The summed E-state index contributed by atoms with van der Waals surface area (Å²) in [5, 5.41) is 6.83. The Balaban J connectivity index is 0.000000120. The van der Waals surface area contributed by atoms with Crippen molar-refractivity contribution in [2.75, 3.05) is 97.6 Å². The normalized spacial score (nSPS) is 15.4. The number of halogens is 3. The van der Waals surface area contributed by atoms with Crippen molar-refractivity contribution in [3.8, 4) is 50.3 Å². The number of aryl methyl sites for hydroxylation is 1. The minimum absolute atomic E-state index is 0.0128. The quantitative estimate of drug-likeness (QED) is 0.0651. The van der Waals surface area contributed by atoms with Crippen LogP contribution in [0.1, 0.15) is 118 Å². The first-order valence-corrected chi connectivity index (χ1v) is 47.3. The molecule has 0 radical (unpaired) electrons. The Morgan fingerprint density at radius 3 is 1.08 bits per heavy atom. The van der Waals surface area contributed by atoms with Gasteiger partial charge in [0, 0.05) is 141 Å². The average molecular weight is 1980 g/mol. The van der Waals surface area contributed by atoms with Gasteiger partial charge in [0.25, 0.3) is 17.6 Å². The molecule has 0 unspecified atom stereocenters. The fraction of sp³-hybridized carbons (Fsp3) is 0.267. The molecule has 4 aliphatic heterocycles. The summed E-state index contributed by atoms with van der Waals surface area (Å²) < 4.78 is 33.7. The van der Waals surface area contributed by atoms with Gasteiger partial charge in [-0.2, -0.15) is 0 Å².